The number of aliphatic hydroxyl groups is 10. The molecule has 0 bridgehead atoms. The lowest BCUT2D eigenvalue weighted by molar-refractivity contribution is -0.0752. The molecule has 0 aromatic carbocycles. The lowest BCUT2D eigenvalue weighted by Gasteiger charge is -2.37. The Labute approximate surface area is 181 Å². The lowest BCUT2D eigenvalue weighted by Crippen LogP contribution is -2.54. The summed E-state index contributed by atoms with van der Waals surface area (Å²) < 4.78 is 5.77. The third kappa shape index (κ3) is 7.23. The molecule has 0 aromatic heterocycles. The number of ether oxygens (including phenoxy) is 1. The highest BCUT2D eigenvalue weighted by atomic mass is 16.5. The number of nitrogens with zero attached hydrogens (tertiary/aromatic N) is 2. The van der Waals surface area contributed by atoms with Gasteiger partial charge < -0.3 is 55.8 Å². The molecule has 0 radical (unpaired) electrons. The van der Waals surface area contributed by atoms with Crippen molar-refractivity contribution in [3.8, 4) is 0 Å². The summed E-state index contributed by atoms with van der Waals surface area (Å²) in [5, 5.41) is 97.1. The maximum absolute atomic E-state index is 10.5. The van der Waals surface area contributed by atoms with Crippen LogP contribution in [0.1, 0.15) is 0 Å². The van der Waals surface area contributed by atoms with Crippen molar-refractivity contribution in [3.63, 3.8) is 0 Å². The van der Waals surface area contributed by atoms with Crippen LogP contribution in [0, 0.1) is 0 Å². The maximum Gasteiger partial charge on any atom is 0.110 e. The van der Waals surface area contributed by atoms with E-state index in [4.69, 9.17) is 4.74 Å². The highest BCUT2D eigenvalue weighted by molar-refractivity contribution is 4.96. The van der Waals surface area contributed by atoms with E-state index in [-0.39, 0.29) is 13.1 Å². The highest BCUT2D eigenvalue weighted by Crippen LogP contribution is 2.25. The Balaban J connectivity index is 3.01. The van der Waals surface area contributed by atoms with Gasteiger partial charge in [0, 0.05) is 13.1 Å². The van der Waals surface area contributed by atoms with Gasteiger partial charge in [-0.2, -0.15) is 0 Å². The van der Waals surface area contributed by atoms with E-state index in [1.54, 1.807) is 0 Å². The molecule has 0 aliphatic carbocycles. The Morgan fingerprint density at radius 2 is 0.710 bits per heavy atom. The van der Waals surface area contributed by atoms with Crippen molar-refractivity contribution in [2.45, 2.75) is 48.6 Å². The SMILES string of the molecule is OCC(CO)N(CC1OC(CN(C(CO)CO)C(CO)CO)C(O)C1O)C(CO)CO. The first kappa shape index (κ1) is 28.5. The van der Waals surface area contributed by atoms with E-state index in [1.165, 1.54) is 9.80 Å². The van der Waals surface area contributed by atoms with Crippen LogP contribution < -0.4 is 0 Å². The predicted molar refractivity (Wildman–Crippen MR) is 106 cm³/mol. The summed E-state index contributed by atoms with van der Waals surface area (Å²) >= 11 is 0. The van der Waals surface area contributed by atoms with Crippen molar-refractivity contribution in [1.82, 2.24) is 9.80 Å². The highest BCUT2D eigenvalue weighted by Gasteiger charge is 2.46. The average Bonchev–Trinajstić information content (AvgIpc) is 3.04. The van der Waals surface area contributed by atoms with Gasteiger partial charge in [0.2, 0.25) is 0 Å². The first-order valence-electron chi connectivity index (χ1n) is 10.3. The average molecular weight is 459 g/mol. The fraction of sp³-hybridized carbons (Fsp3) is 1.00. The van der Waals surface area contributed by atoms with Gasteiger partial charge in [-0.25, -0.2) is 0 Å². The van der Waals surface area contributed by atoms with Crippen molar-refractivity contribution in [2.75, 3.05) is 65.9 Å². The van der Waals surface area contributed by atoms with Crippen molar-refractivity contribution in [2.24, 2.45) is 0 Å². The van der Waals surface area contributed by atoms with Gasteiger partial charge in [0.25, 0.3) is 0 Å². The molecule has 1 saturated heterocycles. The molecule has 0 saturated carbocycles. The molecule has 31 heavy (non-hydrogen) atoms. The molecule has 1 rings (SSSR count). The Hall–Kier alpha value is -0.520. The molecular formula is C18H38N2O11. The van der Waals surface area contributed by atoms with Crippen LogP contribution in [0.25, 0.3) is 0 Å². The molecule has 4 atom stereocenters. The zero-order chi connectivity index (χ0) is 23.6. The van der Waals surface area contributed by atoms with E-state index in [0.717, 1.165) is 0 Å². The van der Waals surface area contributed by atoms with Crippen LogP contribution in [-0.4, -0.2) is 175 Å². The minimum absolute atomic E-state index is 0.140. The molecule has 1 aliphatic heterocycles. The minimum Gasteiger partial charge on any atom is -0.395 e. The van der Waals surface area contributed by atoms with Crippen LogP contribution in [-0.2, 0) is 4.74 Å². The molecule has 10 N–H and O–H groups in total. The van der Waals surface area contributed by atoms with Crippen molar-refractivity contribution in [1.29, 1.82) is 0 Å². The molecule has 0 spiro atoms. The summed E-state index contributed by atoms with van der Waals surface area (Å²) in [4.78, 5) is 2.77. The van der Waals surface area contributed by atoms with Gasteiger partial charge >= 0.3 is 0 Å². The lowest BCUT2D eigenvalue weighted by atomic mass is 10.0. The first-order valence-corrected chi connectivity index (χ1v) is 10.3. The molecule has 1 fully saturated rings. The molecule has 13 heteroatoms. The van der Waals surface area contributed by atoms with Crippen LogP contribution in [0.5, 0.6) is 0 Å². The molecule has 13 nitrogen and oxygen atoms in total. The summed E-state index contributed by atoms with van der Waals surface area (Å²) in [6.45, 7) is -4.18. The molecule has 1 aliphatic rings. The number of hydrogen-bond donors (Lipinski definition) is 10. The van der Waals surface area contributed by atoms with E-state index in [1.807, 2.05) is 0 Å². The Morgan fingerprint density at radius 3 is 0.903 bits per heavy atom. The van der Waals surface area contributed by atoms with Crippen LogP contribution in [0.3, 0.4) is 0 Å². The van der Waals surface area contributed by atoms with Gasteiger partial charge in [-0.05, 0) is 0 Å². The third-order valence-corrected chi connectivity index (χ3v) is 5.80. The largest absolute Gasteiger partial charge is 0.395 e. The van der Waals surface area contributed by atoms with Gasteiger partial charge in [0.15, 0.2) is 0 Å². The van der Waals surface area contributed by atoms with E-state index in [2.05, 4.69) is 0 Å². The second-order valence-corrected chi connectivity index (χ2v) is 7.66. The Bertz CT molecular complexity index is 398. The first-order chi connectivity index (χ1) is 14.9. The number of rotatable bonds is 16. The third-order valence-electron chi connectivity index (χ3n) is 5.80. The van der Waals surface area contributed by atoms with E-state index < -0.39 is 101 Å². The standard InChI is InChI=1S/C18H38N2O11/c21-3-11(4-22)19(12(5-23)6-24)1-15-17(29)18(30)16(31-15)2-20(13(7-25)8-26)14(9-27)10-28/h11-18,21-30H,1-10H2. The fourth-order valence-electron chi connectivity index (χ4n) is 3.81. The normalized spacial score (nSPS) is 24.8. The van der Waals surface area contributed by atoms with Crippen LogP contribution in [0.15, 0.2) is 0 Å². The zero-order valence-corrected chi connectivity index (χ0v) is 17.5. The molecule has 0 aromatic rings. The van der Waals surface area contributed by atoms with Gasteiger partial charge in [0.1, 0.15) is 12.2 Å². The van der Waals surface area contributed by atoms with Crippen LogP contribution in [0.4, 0.5) is 0 Å². The van der Waals surface area contributed by atoms with Gasteiger partial charge in [-0.1, -0.05) is 0 Å². The predicted octanol–water partition coefficient (Wildman–Crippen LogP) is -6.51. The minimum atomic E-state index is -1.39. The number of aliphatic hydroxyl groups excluding tert-OH is 10. The quantitative estimate of drug-likeness (QED) is 0.104. The van der Waals surface area contributed by atoms with Gasteiger partial charge in [-0.15, -0.1) is 0 Å². The molecule has 0 amide bonds. The molecular weight excluding hydrogens is 420 g/mol. The smallest absolute Gasteiger partial charge is 0.110 e. The van der Waals surface area contributed by atoms with E-state index in [0.29, 0.717) is 0 Å². The summed E-state index contributed by atoms with van der Waals surface area (Å²) in [5.74, 6) is 0. The molecule has 1 heterocycles. The van der Waals surface area contributed by atoms with E-state index >= 15 is 0 Å². The van der Waals surface area contributed by atoms with Gasteiger partial charge in [-0.3, -0.25) is 9.80 Å². The monoisotopic (exact) mass is 458 g/mol. The summed E-state index contributed by atoms with van der Waals surface area (Å²) in [5.41, 5.74) is 0. The maximum atomic E-state index is 10.5. The topological polar surface area (TPSA) is 218 Å². The zero-order valence-electron chi connectivity index (χ0n) is 17.5. The summed E-state index contributed by atoms with van der Waals surface area (Å²) in [6, 6.07) is -3.41. The number of hydrogen-bond acceptors (Lipinski definition) is 13. The summed E-state index contributed by atoms with van der Waals surface area (Å²) in [7, 11) is 0. The molecule has 186 valence electrons. The molecule has 4 unspecified atom stereocenters. The Kier molecular flexibility index (Phi) is 13.4. The fourth-order valence-corrected chi connectivity index (χ4v) is 3.81. The van der Waals surface area contributed by atoms with E-state index in [9.17, 15) is 51.1 Å². The Morgan fingerprint density at radius 1 is 0.484 bits per heavy atom. The van der Waals surface area contributed by atoms with Crippen LogP contribution >= 0.6 is 0 Å². The van der Waals surface area contributed by atoms with Crippen molar-refractivity contribution < 1.29 is 55.8 Å². The summed E-state index contributed by atoms with van der Waals surface area (Å²) in [6.07, 6.45) is -4.83. The van der Waals surface area contributed by atoms with Crippen LogP contribution in [0.2, 0.25) is 0 Å². The second-order valence-electron chi connectivity index (χ2n) is 7.66. The van der Waals surface area contributed by atoms with Crippen molar-refractivity contribution in [3.05, 3.63) is 0 Å². The second kappa shape index (κ2) is 14.6. The van der Waals surface area contributed by atoms with Crippen molar-refractivity contribution >= 4 is 0 Å². The van der Waals surface area contributed by atoms with Gasteiger partial charge in [0.05, 0.1) is 89.2 Å².